The first kappa shape index (κ1) is 19.2. The molecule has 2 amide bonds. The fourth-order valence-electron chi connectivity index (χ4n) is 3.81. The second-order valence-electron chi connectivity index (χ2n) is 7.03. The minimum atomic E-state index is -0.543. The van der Waals surface area contributed by atoms with Gasteiger partial charge < -0.3 is 25.0 Å². The summed E-state index contributed by atoms with van der Waals surface area (Å²) in [5.41, 5.74) is 1.94. The molecular formula is C20H28N3O4+. The fourth-order valence-corrected chi connectivity index (χ4v) is 3.81. The van der Waals surface area contributed by atoms with Gasteiger partial charge >= 0.3 is 12.0 Å². The van der Waals surface area contributed by atoms with Crippen molar-refractivity contribution in [3.8, 4) is 5.75 Å². The third-order valence-electron chi connectivity index (χ3n) is 5.25. The van der Waals surface area contributed by atoms with E-state index in [2.05, 4.69) is 10.6 Å². The highest BCUT2D eigenvalue weighted by Gasteiger charge is 2.35. The number of hydrogen-bond donors (Lipinski definition) is 3. The molecule has 2 aliphatic rings. The Hall–Kier alpha value is -2.54. The van der Waals surface area contributed by atoms with E-state index in [9.17, 15) is 9.59 Å². The van der Waals surface area contributed by atoms with Crippen molar-refractivity contribution >= 4 is 12.0 Å². The molecule has 0 aromatic heterocycles. The molecular weight excluding hydrogens is 346 g/mol. The number of hydrogen-bond acceptors (Lipinski definition) is 4. The van der Waals surface area contributed by atoms with Gasteiger partial charge in [0.1, 0.15) is 12.3 Å². The van der Waals surface area contributed by atoms with Crippen LogP contribution in [0.15, 0.2) is 35.5 Å². The Morgan fingerprint density at radius 3 is 2.37 bits per heavy atom. The van der Waals surface area contributed by atoms with Crippen LogP contribution >= 0.6 is 0 Å². The number of urea groups is 1. The topological polar surface area (TPSA) is 81.1 Å². The van der Waals surface area contributed by atoms with Crippen LogP contribution in [0.3, 0.4) is 0 Å². The molecule has 0 saturated carbocycles. The third-order valence-corrected chi connectivity index (χ3v) is 5.25. The van der Waals surface area contributed by atoms with E-state index in [1.165, 1.54) is 37.7 Å². The highest BCUT2D eigenvalue weighted by atomic mass is 16.5. The van der Waals surface area contributed by atoms with E-state index in [0.717, 1.165) is 24.4 Å². The molecule has 1 aromatic rings. The number of carbonyl (C=O) groups is 2. The predicted molar refractivity (Wildman–Crippen MR) is 100 cm³/mol. The van der Waals surface area contributed by atoms with Crippen LogP contribution in [0.5, 0.6) is 5.75 Å². The minimum absolute atomic E-state index is 0.298. The first-order chi connectivity index (χ1) is 13.1. The van der Waals surface area contributed by atoms with Crippen molar-refractivity contribution in [3.05, 3.63) is 41.1 Å². The summed E-state index contributed by atoms with van der Waals surface area (Å²) in [6.07, 6.45) is 4.83. The number of rotatable bonds is 5. The van der Waals surface area contributed by atoms with E-state index in [4.69, 9.17) is 9.47 Å². The smallest absolute Gasteiger partial charge is 0.338 e. The molecule has 27 heavy (non-hydrogen) atoms. The summed E-state index contributed by atoms with van der Waals surface area (Å²) in [5.74, 6) is 0.296. The Morgan fingerprint density at radius 2 is 1.78 bits per heavy atom. The second-order valence-corrected chi connectivity index (χ2v) is 7.03. The number of quaternary nitrogens is 1. The van der Waals surface area contributed by atoms with Gasteiger partial charge in [0.05, 0.1) is 44.6 Å². The van der Waals surface area contributed by atoms with Gasteiger partial charge in [-0.2, -0.15) is 0 Å². The highest BCUT2D eigenvalue weighted by molar-refractivity contribution is 5.95. The lowest BCUT2D eigenvalue weighted by atomic mass is 9.95. The zero-order valence-electron chi connectivity index (χ0n) is 16.0. The van der Waals surface area contributed by atoms with Crippen LogP contribution in [-0.4, -0.2) is 45.9 Å². The molecule has 2 aliphatic heterocycles. The lowest BCUT2D eigenvalue weighted by molar-refractivity contribution is -0.894. The van der Waals surface area contributed by atoms with Gasteiger partial charge in [-0.1, -0.05) is 12.1 Å². The monoisotopic (exact) mass is 374 g/mol. The van der Waals surface area contributed by atoms with Gasteiger partial charge in [-0.25, -0.2) is 9.59 Å². The molecule has 3 N–H and O–H groups in total. The van der Waals surface area contributed by atoms with Gasteiger partial charge in [0.15, 0.2) is 0 Å². The molecule has 3 rings (SSSR count). The maximum absolute atomic E-state index is 12.6. The molecule has 7 heteroatoms. The van der Waals surface area contributed by atoms with Gasteiger partial charge in [-0.15, -0.1) is 0 Å². The molecule has 146 valence electrons. The molecule has 2 heterocycles. The van der Waals surface area contributed by atoms with Crippen molar-refractivity contribution in [1.82, 2.24) is 10.6 Å². The molecule has 0 radical (unpaired) electrons. The van der Waals surface area contributed by atoms with Gasteiger partial charge in [0, 0.05) is 0 Å². The van der Waals surface area contributed by atoms with Crippen LogP contribution in [0.25, 0.3) is 0 Å². The zero-order valence-corrected chi connectivity index (χ0v) is 16.0. The van der Waals surface area contributed by atoms with Crippen LogP contribution < -0.4 is 20.3 Å². The molecule has 1 aromatic carbocycles. The summed E-state index contributed by atoms with van der Waals surface area (Å²) in [7, 11) is 2.97. The van der Waals surface area contributed by atoms with Crippen molar-refractivity contribution in [3.63, 3.8) is 0 Å². The van der Waals surface area contributed by atoms with Crippen molar-refractivity contribution in [2.45, 2.75) is 31.7 Å². The summed E-state index contributed by atoms with van der Waals surface area (Å²) >= 11 is 0. The SMILES string of the molecule is COC(=O)C1=C(C[NH+]2CCCCCC2)NC(=O)N[C@@H]1c1ccc(OC)cc1. The predicted octanol–water partition coefficient (Wildman–Crippen LogP) is 0.935. The summed E-state index contributed by atoms with van der Waals surface area (Å²) in [4.78, 5) is 26.3. The van der Waals surface area contributed by atoms with E-state index < -0.39 is 12.0 Å². The van der Waals surface area contributed by atoms with Crippen molar-refractivity contribution in [1.29, 1.82) is 0 Å². The number of methoxy groups -OCH3 is 2. The number of amides is 2. The maximum atomic E-state index is 12.6. The van der Waals surface area contributed by atoms with Crippen LogP contribution in [0, 0.1) is 0 Å². The second kappa shape index (κ2) is 8.90. The van der Waals surface area contributed by atoms with E-state index in [0.29, 0.717) is 17.8 Å². The largest absolute Gasteiger partial charge is 0.497 e. The minimum Gasteiger partial charge on any atom is -0.497 e. The summed E-state index contributed by atoms with van der Waals surface area (Å²) in [6, 6.07) is 6.50. The average Bonchev–Trinajstić information content (AvgIpc) is 2.96. The molecule has 0 aliphatic carbocycles. The Kier molecular flexibility index (Phi) is 6.34. The summed E-state index contributed by atoms with van der Waals surface area (Å²) in [5, 5.41) is 5.71. The molecule has 1 fully saturated rings. The average molecular weight is 374 g/mol. The number of carbonyl (C=O) groups excluding carboxylic acids is 2. The number of esters is 1. The summed E-state index contributed by atoms with van der Waals surface area (Å²) in [6.45, 7) is 2.72. The maximum Gasteiger partial charge on any atom is 0.338 e. The molecule has 1 atom stereocenters. The normalized spacial score (nSPS) is 21.1. The van der Waals surface area contributed by atoms with Crippen LogP contribution in [-0.2, 0) is 9.53 Å². The van der Waals surface area contributed by atoms with Gasteiger partial charge in [-0.3, -0.25) is 0 Å². The zero-order chi connectivity index (χ0) is 19.2. The van der Waals surface area contributed by atoms with E-state index in [1.807, 2.05) is 24.3 Å². The Labute approximate surface area is 159 Å². The fraction of sp³-hybridized carbons (Fsp3) is 0.500. The first-order valence-corrected chi connectivity index (χ1v) is 9.48. The van der Waals surface area contributed by atoms with Gasteiger partial charge in [0.2, 0.25) is 0 Å². The van der Waals surface area contributed by atoms with Crippen LogP contribution in [0.4, 0.5) is 4.79 Å². The molecule has 1 saturated heterocycles. The number of likely N-dealkylation sites (tertiary alicyclic amines) is 1. The molecule has 0 bridgehead atoms. The summed E-state index contributed by atoms with van der Waals surface area (Å²) < 4.78 is 10.2. The van der Waals surface area contributed by atoms with Crippen molar-refractivity contribution in [2.75, 3.05) is 33.9 Å². The third kappa shape index (κ3) is 4.60. The standard InChI is InChI=1S/C20H27N3O4/c1-26-15-9-7-14(8-10-15)18-17(19(24)27-2)16(21-20(25)22-18)13-23-11-5-3-4-6-12-23/h7-10,18H,3-6,11-13H2,1-2H3,(H2,21,22,25)/p+1/t18-/m1/s1. The Morgan fingerprint density at radius 1 is 1.11 bits per heavy atom. The number of nitrogens with one attached hydrogen (secondary N) is 3. The lowest BCUT2D eigenvalue weighted by Crippen LogP contribution is -3.12. The van der Waals surface area contributed by atoms with Crippen molar-refractivity contribution < 1.29 is 24.0 Å². The Balaban J connectivity index is 1.94. The van der Waals surface area contributed by atoms with E-state index >= 15 is 0 Å². The first-order valence-electron chi connectivity index (χ1n) is 9.48. The van der Waals surface area contributed by atoms with E-state index in [-0.39, 0.29) is 6.03 Å². The lowest BCUT2D eigenvalue weighted by Gasteiger charge is -2.30. The Bertz CT molecular complexity index is 706. The number of ether oxygens (including phenoxy) is 2. The van der Waals surface area contributed by atoms with Crippen molar-refractivity contribution in [2.24, 2.45) is 0 Å². The van der Waals surface area contributed by atoms with Crippen LogP contribution in [0.2, 0.25) is 0 Å². The number of benzene rings is 1. The van der Waals surface area contributed by atoms with Crippen LogP contribution in [0.1, 0.15) is 37.3 Å². The van der Waals surface area contributed by atoms with E-state index in [1.54, 1.807) is 7.11 Å². The molecule has 0 spiro atoms. The highest BCUT2D eigenvalue weighted by Crippen LogP contribution is 2.28. The van der Waals surface area contributed by atoms with Gasteiger partial charge in [-0.05, 0) is 43.4 Å². The quantitative estimate of drug-likeness (QED) is 0.670. The van der Waals surface area contributed by atoms with Gasteiger partial charge in [0.25, 0.3) is 0 Å². The molecule has 0 unspecified atom stereocenters. The molecule has 7 nitrogen and oxygen atoms in total.